The Labute approximate surface area is 170 Å². The monoisotopic (exact) mass is 464 g/mol. The van der Waals surface area contributed by atoms with Gasteiger partial charge in [-0.05, 0) is 52.1 Å². The standard InChI is InChI=1S/C19H36N4O.HI/c1-3-20-18(21-15-19(2)10-5-4-8-17(19)24)23-13-9-16(14-23)22-11-6-7-12-22;/h16-17,24H,3-15H2,1-2H3,(H,20,21);1H. The quantitative estimate of drug-likeness (QED) is 0.382. The summed E-state index contributed by atoms with van der Waals surface area (Å²) in [6.45, 7) is 10.7. The second-order valence-electron chi connectivity index (χ2n) is 8.22. The predicted molar refractivity (Wildman–Crippen MR) is 115 cm³/mol. The lowest BCUT2D eigenvalue weighted by atomic mass is 9.73. The molecule has 2 aliphatic heterocycles. The van der Waals surface area contributed by atoms with Gasteiger partial charge in [0, 0.05) is 31.1 Å². The molecule has 2 N–H and O–H groups in total. The molecule has 5 nitrogen and oxygen atoms in total. The minimum atomic E-state index is -0.200. The number of hydrogen-bond donors (Lipinski definition) is 2. The lowest BCUT2D eigenvalue weighted by Gasteiger charge is -2.37. The third kappa shape index (κ3) is 5.22. The van der Waals surface area contributed by atoms with E-state index in [0.717, 1.165) is 51.4 Å². The molecule has 1 saturated carbocycles. The van der Waals surface area contributed by atoms with Gasteiger partial charge in [0.1, 0.15) is 0 Å². The van der Waals surface area contributed by atoms with Crippen LogP contribution >= 0.6 is 24.0 Å². The first kappa shape index (κ1) is 21.2. The number of likely N-dealkylation sites (tertiary alicyclic amines) is 2. The molecule has 3 aliphatic rings. The molecular formula is C19H37IN4O. The van der Waals surface area contributed by atoms with Gasteiger partial charge in [0.05, 0.1) is 12.6 Å². The van der Waals surface area contributed by atoms with Gasteiger partial charge >= 0.3 is 0 Å². The molecule has 2 saturated heterocycles. The second-order valence-corrected chi connectivity index (χ2v) is 8.22. The number of aliphatic hydroxyl groups is 1. The Hall–Kier alpha value is -0.0800. The van der Waals surface area contributed by atoms with E-state index in [0.29, 0.717) is 6.04 Å². The molecule has 0 bridgehead atoms. The third-order valence-corrected chi connectivity index (χ3v) is 6.32. The Balaban J connectivity index is 0.00000225. The number of hydrogen-bond acceptors (Lipinski definition) is 3. The molecule has 2 heterocycles. The molecule has 0 amide bonds. The van der Waals surface area contributed by atoms with Crippen LogP contribution in [0.25, 0.3) is 0 Å². The Morgan fingerprint density at radius 2 is 1.92 bits per heavy atom. The molecular weight excluding hydrogens is 427 g/mol. The van der Waals surface area contributed by atoms with Crippen molar-refractivity contribution in [3.05, 3.63) is 0 Å². The van der Waals surface area contributed by atoms with Gasteiger partial charge in [-0.3, -0.25) is 9.89 Å². The summed E-state index contributed by atoms with van der Waals surface area (Å²) >= 11 is 0. The second kappa shape index (κ2) is 9.74. The molecule has 3 fully saturated rings. The fourth-order valence-corrected chi connectivity index (χ4v) is 4.59. The van der Waals surface area contributed by atoms with Crippen molar-refractivity contribution >= 4 is 29.9 Å². The van der Waals surface area contributed by atoms with Gasteiger partial charge in [-0.15, -0.1) is 24.0 Å². The normalized spacial score (nSPS) is 34.2. The van der Waals surface area contributed by atoms with Gasteiger partial charge in [0.25, 0.3) is 0 Å². The highest BCUT2D eigenvalue weighted by Crippen LogP contribution is 2.36. The summed E-state index contributed by atoms with van der Waals surface area (Å²) in [6.07, 6.45) is 8.18. The van der Waals surface area contributed by atoms with E-state index in [1.54, 1.807) is 0 Å². The summed E-state index contributed by atoms with van der Waals surface area (Å²) < 4.78 is 0. The zero-order valence-corrected chi connectivity index (χ0v) is 18.4. The van der Waals surface area contributed by atoms with Crippen LogP contribution < -0.4 is 5.32 Å². The zero-order chi connectivity index (χ0) is 17.0. The van der Waals surface area contributed by atoms with Crippen molar-refractivity contribution in [1.29, 1.82) is 0 Å². The summed E-state index contributed by atoms with van der Waals surface area (Å²) in [5.41, 5.74) is -0.0486. The Morgan fingerprint density at radius 3 is 2.60 bits per heavy atom. The van der Waals surface area contributed by atoms with E-state index in [1.807, 2.05) is 0 Å². The van der Waals surface area contributed by atoms with Crippen LogP contribution in [0, 0.1) is 5.41 Å². The number of halogens is 1. The SMILES string of the molecule is CCNC(=NCC1(C)CCCCC1O)N1CCC(N2CCCC2)C1.I. The lowest BCUT2D eigenvalue weighted by molar-refractivity contribution is 0.00705. The first-order valence-electron chi connectivity index (χ1n) is 10.1. The average Bonchev–Trinajstić information content (AvgIpc) is 3.25. The number of aliphatic hydroxyl groups excluding tert-OH is 1. The van der Waals surface area contributed by atoms with E-state index in [4.69, 9.17) is 4.99 Å². The van der Waals surface area contributed by atoms with Crippen molar-refractivity contribution in [3.63, 3.8) is 0 Å². The highest BCUT2D eigenvalue weighted by atomic mass is 127. The number of rotatable bonds is 4. The minimum Gasteiger partial charge on any atom is -0.392 e. The van der Waals surface area contributed by atoms with Gasteiger partial charge in [-0.1, -0.05) is 19.8 Å². The van der Waals surface area contributed by atoms with Crippen molar-refractivity contribution < 1.29 is 5.11 Å². The average molecular weight is 464 g/mol. The van der Waals surface area contributed by atoms with E-state index >= 15 is 0 Å². The van der Waals surface area contributed by atoms with Gasteiger partial charge in [-0.25, -0.2) is 0 Å². The fraction of sp³-hybridized carbons (Fsp3) is 0.947. The number of nitrogens with zero attached hydrogens (tertiary/aromatic N) is 3. The molecule has 3 atom stereocenters. The van der Waals surface area contributed by atoms with Crippen LogP contribution in [0.5, 0.6) is 0 Å². The first-order valence-corrected chi connectivity index (χ1v) is 10.1. The molecule has 0 aromatic carbocycles. The number of guanidine groups is 1. The van der Waals surface area contributed by atoms with E-state index in [2.05, 4.69) is 29.0 Å². The van der Waals surface area contributed by atoms with E-state index in [1.165, 1.54) is 38.8 Å². The summed E-state index contributed by atoms with van der Waals surface area (Å²) in [7, 11) is 0. The van der Waals surface area contributed by atoms with Gasteiger partial charge in [0.2, 0.25) is 0 Å². The largest absolute Gasteiger partial charge is 0.392 e. The summed E-state index contributed by atoms with van der Waals surface area (Å²) in [5, 5.41) is 13.9. The smallest absolute Gasteiger partial charge is 0.193 e. The van der Waals surface area contributed by atoms with Crippen molar-refractivity contribution in [2.45, 2.75) is 70.9 Å². The van der Waals surface area contributed by atoms with Gasteiger partial charge in [0.15, 0.2) is 5.96 Å². The summed E-state index contributed by atoms with van der Waals surface area (Å²) in [5.74, 6) is 1.05. The maximum absolute atomic E-state index is 10.4. The van der Waals surface area contributed by atoms with Crippen molar-refractivity contribution in [2.24, 2.45) is 10.4 Å². The maximum Gasteiger partial charge on any atom is 0.193 e. The highest BCUT2D eigenvalue weighted by molar-refractivity contribution is 14.0. The predicted octanol–water partition coefficient (Wildman–Crippen LogP) is 2.68. The van der Waals surface area contributed by atoms with Crippen LogP contribution in [0.1, 0.15) is 58.8 Å². The molecule has 3 rings (SSSR count). The molecule has 25 heavy (non-hydrogen) atoms. The van der Waals surface area contributed by atoms with Crippen LogP contribution in [-0.2, 0) is 0 Å². The van der Waals surface area contributed by atoms with E-state index < -0.39 is 0 Å². The topological polar surface area (TPSA) is 51.1 Å². The molecule has 1 aliphatic carbocycles. The summed E-state index contributed by atoms with van der Waals surface area (Å²) in [4.78, 5) is 10.1. The minimum absolute atomic E-state index is 0. The van der Waals surface area contributed by atoms with E-state index in [9.17, 15) is 5.11 Å². The number of aliphatic imine (C=N–C) groups is 1. The molecule has 6 heteroatoms. The molecule has 3 unspecified atom stereocenters. The Kier molecular flexibility index (Phi) is 8.27. The summed E-state index contributed by atoms with van der Waals surface area (Å²) in [6, 6.07) is 0.701. The van der Waals surface area contributed by atoms with Crippen molar-refractivity contribution in [3.8, 4) is 0 Å². The number of nitrogens with one attached hydrogen (secondary N) is 1. The Bertz CT molecular complexity index is 441. The molecule has 0 spiro atoms. The maximum atomic E-state index is 10.4. The van der Waals surface area contributed by atoms with Crippen LogP contribution in [0.4, 0.5) is 0 Å². The van der Waals surface area contributed by atoms with Crippen LogP contribution in [0.15, 0.2) is 4.99 Å². The fourth-order valence-electron chi connectivity index (χ4n) is 4.59. The van der Waals surface area contributed by atoms with Gasteiger partial charge in [-0.2, -0.15) is 0 Å². The van der Waals surface area contributed by atoms with Crippen LogP contribution in [0.2, 0.25) is 0 Å². The first-order chi connectivity index (χ1) is 11.6. The zero-order valence-electron chi connectivity index (χ0n) is 16.0. The molecule has 0 aromatic heterocycles. The molecule has 146 valence electrons. The van der Waals surface area contributed by atoms with Crippen molar-refractivity contribution in [2.75, 3.05) is 39.3 Å². The molecule has 0 radical (unpaired) electrons. The van der Waals surface area contributed by atoms with Crippen LogP contribution in [0.3, 0.4) is 0 Å². The Morgan fingerprint density at radius 1 is 1.16 bits per heavy atom. The molecule has 0 aromatic rings. The third-order valence-electron chi connectivity index (χ3n) is 6.32. The van der Waals surface area contributed by atoms with E-state index in [-0.39, 0.29) is 35.5 Å². The van der Waals surface area contributed by atoms with Crippen molar-refractivity contribution in [1.82, 2.24) is 15.1 Å². The lowest BCUT2D eigenvalue weighted by Crippen LogP contribution is -2.44. The highest BCUT2D eigenvalue weighted by Gasteiger charge is 2.36. The van der Waals surface area contributed by atoms with Crippen LogP contribution in [-0.4, -0.2) is 72.3 Å². The van der Waals surface area contributed by atoms with Gasteiger partial charge < -0.3 is 15.3 Å².